The van der Waals surface area contributed by atoms with E-state index in [9.17, 15) is 9.90 Å². The molecule has 1 aromatic heterocycles. The van der Waals surface area contributed by atoms with Crippen molar-refractivity contribution in [1.82, 2.24) is 4.98 Å². The van der Waals surface area contributed by atoms with Crippen LogP contribution in [0.1, 0.15) is 30.2 Å². The molecule has 1 aliphatic rings. The quantitative estimate of drug-likeness (QED) is 0.772. The molecule has 4 rings (SSSR count). The first-order valence-electron chi connectivity index (χ1n) is 7.65. The third kappa shape index (κ3) is 3.04. The maximum absolute atomic E-state index is 12.1. The van der Waals surface area contributed by atoms with Gasteiger partial charge < -0.3 is 14.8 Å². The lowest BCUT2D eigenvalue weighted by atomic mass is 10.1. The van der Waals surface area contributed by atoms with Gasteiger partial charge in [0.1, 0.15) is 11.3 Å². The molecule has 1 saturated carbocycles. The van der Waals surface area contributed by atoms with Crippen LogP contribution in [0, 0.1) is 0 Å². The minimum atomic E-state index is -0.138. The first-order chi connectivity index (χ1) is 11.2. The molecule has 0 aliphatic heterocycles. The standard InChI is InChI=1S/C18H16N2O3/c21-14-3-1-2-11(8-14)9-17(22)19-13-6-7-16-15(10-13)20-18(23-16)12-4-5-12/h1-3,6-8,10,12,21H,4-5,9H2,(H,19,22). The molecule has 5 heteroatoms. The van der Waals surface area contributed by atoms with E-state index in [1.54, 1.807) is 18.2 Å². The molecule has 5 nitrogen and oxygen atoms in total. The molecule has 0 unspecified atom stereocenters. The fourth-order valence-corrected chi connectivity index (χ4v) is 2.58. The highest BCUT2D eigenvalue weighted by Gasteiger charge is 2.28. The van der Waals surface area contributed by atoms with E-state index >= 15 is 0 Å². The molecule has 116 valence electrons. The molecule has 0 saturated heterocycles. The van der Waals surface area contributed by atoms with Crippen molar-refractivity contribution in [3.8, 4) is 5.75 Å². The summed E-state index contributed by atoms with van der Waals surface area (Å²) in [4.78, 5) is 16.6. The maximum atomic E-state index is 12.1. The predicted molar refractivity (Wildman–Crippen MR) is 86.4 cm³/mol. The number of anilines is 1. The number of phenolic OH excluding ortho intramolecular Hbond substituents is 1. The van der Waals surface area contributed by atoms with E-state index < -0.39 is 0 Å². The minimum absolute atomic E-state index is 0.138. The van der Waals surface area contributed by atoms with Crippen LogP contribution in [0.25, 0.3) is 11.1 Å². The number of oxazole rings is 1. The number of rotatable bonds is 4. The van der Waals surface area contributed by atoms with E-state index in [2.05, 4.69) is 10.3 Å². The first kappa shape index (κ1) is 13.8. The van der Waals surface area contributed by atoms with Crippen LogP contribution >= 0.6 is 0 Å². The Morgan fingerprint density at radius 3 is 2.91 bits per heavy atom. The van der Waals surface area contributed by atoms with Gasteiger partial charge >= 0.3 is 0 Å². The lowest BCUT2D eigenvalue weighted by molar-refractivity contribution is -0.115. The molecule has 1 amide bonds. The van der Waals surface area contributed by atoms with Crippen LogP contribution < -0.4 is 5.32 Å². The Balaban J connectivity index is 1.49. The van der Waals surface area contributed by atoms with Gasteiger partial charge in [0.2, 0.25) is 5.91 Å². The van der Waals surface area contributed by atoms with Gasteiger partial charge in [0.15, 0.2) is 11.5 Å². The van der Waals surface area contributed by atoms with Gasteiger partial charge in [0, 0.05) is 11.6 Å². The molecule has 0 spiro atoms. The van der Waals surface area contributed by atoms with Crippen molar-refractivity contribution in [2.45, 2.75) is 25.2 Å². The number of carbonyl (C=O) groups is 1. The van der Waals surface area contributed by atoms with Crippen molar-refractivity contribution >= 4 is 22.7 Å². The van der Waals surface area contributed by atoms with Crippen LogP contribution in [-0.4, -0.2) is 16.0 Å². The van der Waals surface area contributed by atoms with E-state index in [1.807, 2.05) is 24.3 Å². The Hall–Kier alpha value is -2.82. The van der Waals surface area contributed by atoms with Gasteiger partial charge in [0.25, 0.3) is 0 Å². The number of amides is 1. The van der Waals surface area contributed by atoms with E-state index in [4.69, 9.17) is 4.42 Å². The Labute approximate surface area is 133 Å². The largest absolute Gasteiger partial charge is 0.508 e. The molecule has 0 radical (unpaired) electrons. The van der Waals surface area contributed by atoms with Gasteiger partial charge in [-0.2, -0.15) is 0 Å². The van der Waals surface area contributed by atoms with E-state index in [-0.39, 0.29) is 18.1 Å². The number of fused-ring (bicyclic) bond motifs is 1. The topological polar surface area (TPSA) is 75.4 Å². The normalized spacial score (nSPS) is 14.1. The average molecular weight is 308 g/mol. The number of benzene rings is 2. The number of carbonyl (C=O) groups excluding carboxylic acids is 1. The van der Waals surface area contributed by atoms with Gasteiger partial charge in [-0.3, -0.25) is 4.79 Å². The summed E-state index contributed by atoms with van der Waals surface area (Å²) in [5, 5.41) is 12.3. The number of aromatic hydroxyl groups is 1. The van der Waals surface area contributed by atoms with Gasteiger partial charge in [-0.15, -0.1) is 0 Å². The van der Waals surface area contributed by atoms with E-state index in [1.165, 1.54) is 0 Å². The van der Waals surface area contributed by atoms with Gasteiger partial charge in [0.05, 0.1) is 6.42 Å². The smallest absolute Gasteiger partial charge is 0.228 e. The zero-order valence-electron chi connectivity index (χ0n) is 12.5. The van der Waals surface area contributed by atoms with Crippen molar-refractivity contribution in [1.29, 1.82) is 0 Å². The third-order valence-corrected chi connectivity index (χ3v) is 3.89. The van der Waals surface area contributed by atoms with Crippen molar-refractivity contribution in [3.63, 3.8) is 0 Å². The zero-order valence-corrected chi connectivity index (χ0v) is 12.5. The Morgan fingerprint density at radius 2 is 2.13 bits per heavy atom. The Morgan fingerprint density at radius 1 is 1.26 bits per heavy atom. The van der Waals surface area contributed by atoms with Gasteiger partial charge in [-0.05, 0) is 48.7 Å². The fraction of sp³-hybridized carbons (Fsp3) is 0.222. The first-order valence-corrected chi connectivity index (χ1v) is 7.65. The summed E-state index contributed by atoms with van der Waals surface area (Å²) in [6.45, 7) is 0. The summed E-state index contributed by atoms with van der Waals surface area (Å²) >= 11 is 0. The number of hydrogen-bond donors (Lipinski definition) is 2. The molecular formula is C18H16N2O3. The van der Waals surface area contributed by atoms with Crippen LogP contribution in [0.3, 0.4) is 0 Å². The highest BCUT2D eigenvalue weighted by Crippen LogP contribution is 2.40. The summed E-state index contributed by atoms with van der Waals surface area (Å²) in [6.07, 6.45) is 2.49. The molecule has 2 N–H and O–H groups in total. The molecule has 1 aliphatic carbocycles. The summed E-state index contributed by atoms with van der Waals surface area (Å²) in [5.74, 6) is 1.28. The summed E-state index contributed by atoms with van der Waals surface area (Å²) in [7, 11) is 0. The van der Waals surface area contributed by atoms with Crippen LogP contribution in [0.5, 0.6) is 5.75 Å². The molecule has 0 atom stereocenters. The predicted octanol–water partition coefficient (Wildman–Crippen LogP) is 3.59. The number of hydrogen-bond acceptors (Lipinski definition) is 4. The fourth-order valence-electron chi connectivity index (χ4n) is 2.58. The molecule has 2 aromatic carbocycles. The van der Waals surface area contributed by atoms with E-state index in [0.717, 1.165) is 35.4 Å². The molecule has 23 heavy (non-hydrogen) atoms. The van der Waals surface area contributed by atoms with Gasteiger partial charge in [-0.25, -0.2) is 4.98 Å². The maximum Gasteiger partial charge on any atom is 0.228 e. The molecule has 0 bridgehead atoms. The highest BCUT2D eigenvalue weighted by molar-refractivity contribution is 5.94. The molecule has 1 fully saturated rings. The van der Waals surface area contributed by atoms with Crippen molar-refractivity contribution in [3.05, 3.63) is 53.9 Å². The van der Waals surface area contributed by atoms with Crippen molar-refractivity contribution in [2.75, 3.05) is 5.32 Å². The Kier molecular flexibility index (Phi) is 3.26. The Bertz CT molecular complexity index is 881. The molecule has 3 aromatic rings. The summed E-state index contributed by atoms with van der Waals surface area (Å²) in [6, 6.07) is 12.2. The number of nitrogens with zero attached hydrogens (tertiary/aromatic N) is 1. The average Bonchev–Trinajstić information content (AvgIpc) is 3.27. The minimum Gasteiger partial charge on any atom is -0.508 e. The molecule has 1 heterocycles. The summed E-state index contributed by atoms with van der Waals surface area (Å²) < 4.78 is 5.71. The lowest BCUT2D eigenvalue weighted by Crippen LogP contribution is -2.14. The van der Waals surface area contributed by atoms with Crippen LogP contribution in [0.2, 0.25) is 0 Å². The lowest BCUT2D eigenvalue weighted by Gasteiger charge is -2.05. The SMILES string of the molecule is O=C(Cc1cccc(O)c1)Nc1ccc2oc(C3CC3)nc2c1. The molecular weight excluding hydrogens is 292 g/mol. The van der Waals surface area contributed by atoms with E-state index in [0.29, 0.717) is 11.6 Å². The second kappa shape index (κ2) is 5.43. The van der Waals surface area contributed by atoms with Crippen molar-refractivity contribution < 1.29 is 14.3 Å². The second-order valence-electron chi connectivity index (χ2n) is 5.90. The van der Waals surface area contributed by atoms with Crippen LogP contribution in [0.15, 0.2) is 46.9 Å². The zero-order chi connectivity index (χ0) is 15.8. The van der Waals surface area contributed by atoms with Crippen LogP contribution in [-0.2, 0) is 11.2 Å². The highest BCUT2D eigenvalue weighted by atomic mass is 16.3. The number of phenols is 1. The third-order valence-electron chi connectivity index (χ3n) is 3.89. The summed E-state index contributed by atoms with van der Waals surface area (Å²) in [5.41, 5.74) is 2.97. The van der Waals surface area contributed by atoms with Gasteiger partial charge in [-0.1, -0.05) is 12.1 Å². The monoisotopic (exact) mass is 308 g/mol. The second-order valence-corrected chi connectivity index (χ2v) is 5.90. The van der Waals surface area contributed by atoms with Crippen LogP contribution in [0.4, 0.5) is 5.69 Å². The number of aromatic nitrogens is 1. The number of nitrogens with one attached hydrogen (secondary N) is 1. The van der Waals surface area contributed by atoms with Crippen molar-refractivity contribution in [2.24, 2.45) is 0 Å².